The summed E-state index contributed by atoms with van der Waals surface area (Å²) >= 11 is 0. The minimum atomic E-state index is 0.574. The normalized spacial score (nSPS) is 21.0. The summed E-state index contributed by atoms with van der Waals surface area (Å²) in [6.45, 7) is 4.24. The number of likely N-dealkylation sites (N-methyl/N-ethyl adjacent to an activating group) is 1. The van der Waals surface area contributed by atoms with Crippen LogP contribution in [-0.4, -0.2) is 39.5 Å². The highest BCUT2D eigenvalue weighted by atomic mass is 15.4. The van der Waals surface area contributed by atoms with Gasteiger partial charge in [0.2, 0.25) is 0 Å². The van der Waals surface area contributed by atoms with E-state index in [2.05, 4.69) is 65.4 Å². The standard InChI is InChI=1S/C21H26N4/c1-16-13-18(9-8-17-6-7-17)10-11-20(16)21-15-25(23-22-21)14-19-5-3-4-12-24(19)2/h10-11,13,15,17,19H,3-7,12,14H2,1-2H3. The van der Waals surface area contributed by atoms with E-state index in [0.717, 1.165) is 23.4 Å². The summed E-state index contributed by atoms with van der Waals surface area (Å²) in [4.78, 5) is 2.45. The number of likely N-dealkylation sites (tertiary alicyclic amines) is 1. The molecule has 130 valence electrons. The number of aryl methyl sites for hydroxylation is 1. The molecule has 4 rings (SSSR count). The van der Waals surface area contributed by atoms with Crippen LogP contribution in [0.25, 0.3) is 11.3 Å². The molecular weight excluding hydrogens is 308 g/mol. The Balaban J connectivity index is 1.48. The molecule has 1 saturated heterocycles. The van der Waals surface area contributed by atoms with E-state index < -0.39 is 0 Å². The van der Waals surface area contributed by atoms with Gasteiger partial charge >= 0.3 is 0 Å². The van der Waals surface area contributed by atoms with Crippen LogP contribution in [0.2, 0.25) is 0 Å². The van der Waals surface area contributed by atoms with Gasteiger partial charge in [0, 0.05) is 23.1 Å². The van der Waals surface area contributed by atoms with Crippen LogP contribution >= 0.6 is 0 Å². The van der Waals surface area contributed by atoms with Gasteiger partial charge in [-0.3, -0.25) is 4.68 Å². The third kappa shape index (κ3) is 3.93. The first-order valence-electron chi connectivity index (χ1n) is 9.42. The largest absolute Gasteiger partial charge is 0.302 e. The van der Waals surface area contributed by atoms with Gasteiger partial charge in [-0.05, 0) is 63.9 Å². The Labute approximate surface area is 150 Å². The van der Waals surface area contributed by atoms with Crippen molar-refractivity contribution in [1.82, 2.24) is 19.9 Å². The number of hydrogen-bond donors (Lipinski definition) is 0. The fourth-order valence-electron chi connectivity index (χ4n) is 3.54. The van der Waals surface area contributed by atoms with Crippen molar-refractivity contribution in [3.63, 3.8) is 0 Å². The van der Waals surface area contributed by atoms with Gasteiger partial charge < -0.3 is 4.90 Å². The number of nitrogens with zero attached hydrogens (tertiary/aromatic N) is 4. The Bertz CT molecular complexity index is 807. The van der Waals surface area contributed by atoms with Crippen molar-refractivity contribution in [2.45, 2.75) is 51.6 Å². The Morgan fingerprint density at radius 3 is 2.84 bits per heavy atom. The van der Waals surface area contributed by atoms with Gasteiger partial charge in [-0.1, -0.05) is 29.5 Å². The second-order valence-electron chi connectivity index (χ2n) is 7.53. The molecule has 25 heavy (non-hydrogen) atoms. The van der Waals surface area contributed by atoms with E-state index in [9.17, 15) is 0 Å². The van der Waals surface area contributed by atoms with Gasteiger partial charge in [-0.15, -0.1) is 5.10 Å². The maximum Gasteiger partial charge on any atom is 0.113 e. The number of piperidine rings is 1. The molecular formula is C21H26N4. The molecule has 2 aromatic rings. The number of benzene rings is 1. The van der Waals surface area contributed by atoms with Gasteiger partial charge in [-0.25, -0.2) is 0 Å². The Hall–Kier alpha value is -2.12. The van der Waals surface area contributed by atoms with Crippen molar-refractivity contribution in [3.8, 4) is 23.1 Å². The zero-order chi connectivity index (χ0) is 17.2. The average molecular weight is 334 g/mol. The van der Waals surface area contributed by atoms with E-state index in [4.69, 9.17) is 0 Å². The molecule has 2 aliphatic rings. The highest BCUT2D eigenvalue weighted by molar-refractivity contribution is 5.64. The molecule has 1 aliphatic carbocycles. The maximum absolute atomic E-state index is 4.41. The van der Waals surface area contributed by atoms with Gasteiger partial charge in [0.15, 0.2) is 0 Å². The molecule has 0 N–H and O–H groups in total. The van der Waals surface area contributed by atoms with E-state index >= 15 is 0 Å². The second kappa shape index (κ2) is 7.01. The van der Waals surface area contributed by atoms with Crippen LogP contribution < -0.4 is 0 Å². The van der Waals surface area contributed by atoms with Crippen LogP contribution in [0.3, 0.4) is 0 Å². The van der Waals surface area contributed by atoms with E-state index in [1.807, 2.05) is 4.68 Å². The minimum Gasteiger partial charge on any atom is -0.302 e. The molecule has 1 aromatic heterocycles. The molecule has 4 heteroatoms. The van der Waals surface area contributed by atoms with Crippen LogP contribution in [0.4, 0.5) is 0 Å². The molecule has 2 heterocycles. The Morgan fingerprint density at radius 2 is 2.08 bits per heavy atom. The van der Waals surface area contributed by atoms with Gasteiger partial charge in [0.25, 0.3) is 0 Å². The van der Waals surface area contributed by atoms with Crippen molar-refractivity contribution in [3.05, 3.63) is 35.5 Å². The lowest BCUT2D eigenvalue weighted by Crippen LogP contribution is -2.39. The summed E-state index contributed by atoms with van der Waals surface area (Å²) < 4.78 is 2.00. The molecule has 0 radical (unpaired) electrons. The Kier molecular flexibility index (Phi) is 4.59. The summed E-state index contributed by atoms with van der Waals surface area (Å²) in [5.41, 5.74) is 4.42. The summed E-state index contributed by atoms with van der Waals surface area (Å²) in [7, 11) is 2.22. The van der Waals surface area contributed by atoms with E-state index in [0.29, 0.717) is 12.0 Å². The predicted molar refractivity (Wildman–Crippen MR) is 100 cm³/mol. The number of rotatable bonds is 3. The average Bonchev–Trinajstić information content (AvgIpc) is 3.33. The van der Waals surface area contributed by atoms with Crippen molar-refractivity contribution in [1.29, 1.82) is 0 Å². The summed E-state index contributed by atoms with van der Waals surface area (Å²) in [5.74, 6) is 7.26. The van der Waals surface area contributed by atoms with Crippen LogP contribution in [0.5, 0.6) is 0 Å². The fourth-order valence-corrected chi connectivity index (χ4v) is 3.54. The molecule has 1 atom stereocenters. The third-order valence-corrected chi connectivity index (χ3v) is 5.36. The topological polar surface area (TPSA) is 34.0 Å². The van der Waals surface area contributed by atoms with Gasteiger partial charge in [-0.2, -0.15) is 0 Å². The SMILES string of the molecule is Cc1cc(C#CC2CC2)ccc1-c1cn(CC2CCCCN2C)nn1. The van der Waals surface area contributed by atoms with Gasteiger partial charge in [0.05, 0.1) is 12.7 Å². The van der Waals surface area contributed by atoms with E-state index in [1.54, 1.807) is 0 Å². The molecule has 0 bridgehead atoms. The molecule has 1 aliphatic heterocycles. The molecule has 0 amide bonds. The zero-order valence-electron chi connectivity index (χ0n) is 15.2. The monoisotopic (exact) mass is 334 g/mol. The van der Waals surface area contributed by atoms with Gasteiger partial charge in [0.1, 0.15) is 5.69 Å². The lowest BCUT2D eigenvalue weighted by molar-refractivity contribution is 0.162. The molecule has 1 unspecified atom stereocenters. The van der Waals surface area contributed by atoms with Crippen LogP contribution in [-0.2, 0) is 6.54 Å². The quantitative estimate of drug-likeness (QED) is 0.806. The van der Waals surface area contributed by atoms with Crippen molar-refractivity contribution in [2.24, 2.45) is 5.92 Å². The van der Waals surface area contributed by atoms with Crippen molar-refractivity contribution in [2.75, 3.05) is 13.6 Å². The second-order valence-corrected chi connectivity index (χ2v) is 7.53. The number of hydrogen-bond acceptors (Lipinski definition) is 3. The lowest BCUT2D eigenvalue weighted by Gasteiger charge is -2.32. The van der Waals surface area contributed by atoms with Crippen LogP contribution in [0.15, 0.2) is 24.4 Å². The highest BCUT2D eigenvalue weighted by Crippen LogP contribution is 2.28. The number of aromatic nitrogens is 3. The third-order valence-electron chi connectivity index (χ3n) is 5.36. The molecule has 2 fully saturated rings. The lowest BCUT2D eigenvalue weighted by atomic mass is 10.0. The molecule has 1 aromatic carbocycles. The van der Waals surface area contributed by atoms with Crippen molar-refractivity contribution < 1.29 is 0 Å². The first-order chi connectivity index (χ1) is 12.2. The van der Waals surface area contributed by atoms with Crippen LogP contribution in [0.1, 0.15) is 43.2 Å². The van der Waals surface area contributed by atoms with Crippen LogP contribution in [0, 0.1) is 24.7 Å². The molecule has 0 spiro atoms. The summed E-state index contributed by atoms with van der Waals surface area (Å²) in [5, 5.41) is 8.77. The Morgan fingerprint density at radius 1 is 1.20 bits per heavy atom. The van der Waals surface area contributed by atoms with Crippen molar-refractivity contribution >= 4 is 0 Å². The molecule has 4 nitrogen and oxygen atoms in total. The van der Waals surface area contributed by atoms with E-state index in [-0.39, 0.29) is 0 Å². The minimum absolute atomic E-state index is 0.574. The maximum atomic E-state index is 4.41. The first kappa shape index (κ1) is 16.4. The molecule has 1 saturated carbocycles. The summed E-state index contributed by atoms with van der Waals surface area (Å²) in [6, 6.07) is 6.97. The van der Waals surface area contributed by atoms with E-state index in [1.165, 1.54) is 44.2 Å². The zero-order valence-corrected chi connectivity index (χ0v) is 15.2. The fraction of sp³-hybridized carbons (Fsp3) is 0.524. The first-order valence-corrected chi connectivity index (χ1v) is 9.42. The highest BCUT2D eigenvalue weighted by Gasteiger charge is 2.20. The smallest absolute Gasteiger partial charge is 0.113 e. The summed E-state index contributed by atoms with van der Waals surface area (Å²) in [6.07, 6.45) is 8.50. The predicted octanol–water partition coefficient (Wildman–Crippen LogP) is 3.50.